The molecule has 0 unspecified atom stereocenters. The van der Waals surface area contributed by atoms with Gasteiger partial charge in [0.1, 0.15) is 5.82 Å². The fourth-order valence-electron chi connectivity index (χ4n) is 1.19. The third-order valence-electron chi connectivity index (χ3n) is 2.12. The van der Waals surface area contributed by atoms with Crippen molar-refractivity contribution in [1.29, 1.82) is 0 Å². The highest BCUT2D eigenvalue weighted by Gasteiger charge is 2.00. The van der Waals surface area contributed by atoms with Gasteiger partial charge < -0.3 is 10.6 Å². The van der Waals surface area contributed by atoms with Crippen molar-refractivity contribution < 1.29 is 0 Å². The molecule has 1 rings (SSSR count). The number of anilines is 2. The largest absolute Gasteiger partial charge is 0.369 e. The zero-order chi connectivity index (χ0) is 11.8. The van der Waals surface area contributed by atoms with E-state index in [2.05, 4.69) is 46.6 Å². The highest BCUT2D eigenvalue weighted by atomic mass is 15.3. The summed E-state index contributed by atoms with van der Waals surface area (Å²) in [6.45, 7) is 8.30. The molecular weight excluding hydrogens is 202 g/mol. The fraction of sp³-hybridized carbons (Fsp3) is 0.727. The minimum absolute atomic E-state index is 0.599. The molecule has 1 aromatic heterocycles. The van der Waals surface area contributed by atoms with Crippen molar-refractivity contribution in [2.24, 2.45) is 5.92 Å². The van der Waals surface area contributed by atoms with E-state index in [0.717, 1.165) is 31.7 Å². The van der Waals surface area contributed by atoms with Crippen molar-refractivity contribution in [3.63, 3.8) is 0 Å². The van der Waals surface area contributed by atoms with E-state index in [1.165, 1.54) is 0 Å². The number of nitrogens with one attached hydrogen (secondary N) is 2. The Kier molecular flexibility index (Phi) is 5.53. The van der Waals surface area contributed by atoms with Gasteiger partial charge in [0.25, 0.3) is 0 Å². The number of rotatable bonds is 7. The molecule has 0 atom stereocenters. The van der Waals surface area contributed by atoms with E-state index < -0.39 is 0 Å². The van der Waals surface area contributed by atoms with Crippen molar-refractivity contribution in [3.05, 3.63) is 6.20 Å². The number of hydrogen-bond donors (Lipinski definition) is 2. The van der Waals surface area contributed by atoms with Gasteiger partial charge in [-0.25, -0.2) is 0 Å². The lowest BCUT2D eigenvalue weighted by Crippen LogP contribution is -2.10. The third-order valence-corrected chi connectivity index (χ3v) is 2.12. The van der Waals surface area contributed by atoms with Crippen molar-refractivity contribution in [2.45, 2.75) is 33.6 Å². The molecule has 2 N–H and O–H groups in total. The Labute approximate surface area is 97.1 Å². The van der Waals surface area contributed by atoms with Crippen LogP contribution in [-0.2, 0) is 0 Å². The van der Waals surface area contributed by atoms with Crippen molar-refractivity contribution in [2.75, 3.05) is 23.7 Å². The molecule has 0 radical (unpaired) electrons. The Hall–Kier alpha value is -1.39. The van der Waals surface area contributed by atoms with Crippen LogP contribution in [0.5, 0.6) is 0 Å². The lowest BCUT2D eigenvalue weighted by molar-refractivity contribution is 0.605. The lowest BCUT2D eigenvalue weighted by Gasteiger charge is -2.07. The van der Waals surface area contributed by atoms with E-state index in [1.54, 1.807) is 6.20 Å². The Balaban J connectivity index is 2.40. The smallest absolute Gasteiger partial charge is 0.244 e. The molecule has 0 fully saturated rings. The van der Waals surface area contributed by atoms with Crippen LogP contribution in [0.3, 0.4) is 0 Å². The van der Waals surface area contributed by atoms with Gasteiger partial charge in [0.2, 0.25) is 5.95 Å². The van der Waals surface area contributed by atoms with E-state index >= 15 is 0 Å². The van der Waals surface area contributed by atoms with E-state index in [-0.39, 0.29) is 0 Å². The number of aromatic nitrogens is 3. The second-order valence-corrected chi connectivity index (χ2v) is 4.20. The first kappa shape index (κ1) is 12.7. The maximum Gasteiger partial charge on any atom is 0.244 e. The zero-order valence-electron chi connectivity index (χ0n) is 10.3. The monoisotopic (exact) mass is 223 g/mol. The van der Waals surface area contributed by atoms with Gasteiger partial charge in [0, 0.05) is 13.1 Å². The highest BCUT2D eigenvalue weighted by Crippen LogP contribution is 2.05. The number of nitrogens with zero attached hydrogens (tertiary/aromatic N) is 3. The normalized spacial score (nSPS) is 10.5. The third kappa shape index (κ3) is 4.91. The molecule has 90 valence electrons. The van der Waals surface area contributed by atoms with Gasteiger partial charge in [-0.2, -0.15) is 10.1 Å². The summed E-state index contributed by atoms with van der Waals surface area (Å²) in [5, 5.41) is 14.2. The molecule has 0 aromatic carbocycles. The molecular formula is C11H21N5. The summed E-state index contributed by atoms with van der Waals surface area (Å²) in [7, 11) is 0. The second-order valence-electron chi connectivity index (χ2n) is 4.20. The molecule has 0 bridgehead atoms. The number of hydrogen-bond acceptors (Lipinski definition) is 5. The quantitative estimate of drug-likeness (QED) is 0.741. The molecule has 0 saturated heterocycles. The average Bonchev–Trinajstić information content (AvgIpc) is 2.26. The van der Waals surface area contributed by atoms with Gasteiger partial charge in [-0.15, -0.1) is 5.10 Å². The maximum atomic E-state index is 4.31. The molecule has 1 heterocycles. The highest BCUT2D eigenvalue weighted by molar-refractivity contribution is 5.36. The summed E-state index contributed by atoms with van der Waals surface area (Å²) >= 11 is 0. The molecule has 0 saturated carbocycles. The van der Waals surface area contributed by atoms with Crippen LogP contribution in [0.25, 0.3) is 0 Å². The van der Waals surface area contributed by atoms with Crippen molar-refractivity contribution >= 4 is 11.8 Å². The first-order chi connectivity index (χ1) is 7.72. The van der Waals surface area contributed by atoms with E-state index in [1.807, 2.05) is 0 Å². The van der Waals surface area contributed by atoms with Gasteiger partial charge in [-0.3, -0.25) is 0 Å². The van der Waals surface area contributed by atoms with Crippen LogP contribution in [0.4, 0.5) is 11.8 Å². The topological polar surface area (TPSA) is 62.7 Å². The minimum atomic E-state index is 0.599. The van der Waals surface area contributed by atoms with E-state index in [4.69, 9.17) is 0 Å². The Bertz CT molecular complexity index is 300. The van der Waals surface area contributed by atoms with Crippen LogP contribution in [0.1, 0.15) is 33.6 Å². The minimum Gasteiger partial charge on any atom is -0.369 e. The van der Waals surface area contributed by atoms with Crippen LogP contribution < -0.4 is 10.6 Å². The van der Waals surface area contributed by atoms with Gasteiger partial charge in [-0.05, 0) is 18.8 Å². The van der Waals surface area contributed by atoms with Gasteiger partial charge in [0.15, 0.2) is 0 Å². The Morgan fingerprint density at radius 3 is 2.75 bits per heavy atom. The molecule has 0 aliphatic rings. The fourth-order valence-corrected chi connectivity index (χ4v) is 1.19. The van der Waals surface area contributed by atoms with Crippen molar-refractivity contribution in [3.8, 4) is 0 Å². The second kappa shape index (κ2) is 6.98. The molecule has 5 heteroatoms. The summed E-state index contributed by atoms with van der Waals surface area (Å²) in [4.78, 5) is 4.31. The Morgan fingerprint density at radius 2 is 2.06 bits per heavy atom. The SMILES string of the molecule is CCCNc1cnnc(NCCC(C)C)n1. The average molecular weight is 223 g/mol. The summed E-state index contributed by atoms with van der Waals surface area (Å²) in [5.41, 5.74) is 0. The molecule has 16 heavy (non-hydrogen) atoms. The Morgan fingerprint density at radius 1 is 1.25 bits per heavy atom. The molecule has 0 aliphatic carbocycles. The van der Waals surface area contributed by atoms with Crippen LogP contribution in [0.2, 0.25) is 0 Å². The predicted molar refractivity (Wildman–Crippen MR) is 66.6 cm³/mol. The molecule has 5 nitrogen and oxygen atoms in total. The van der Waals surface area contributed by atoms with Crippen LogP contribution in [-0.4, -0.2) is 28.3 Å². The van der Waals surface area contributed by atoms with Crippen LogP contribution >= 0.6 is 0 Å². The van der Waals surface area contributed by atoms with Crippen LogP contribution in [0, 0.1) is 5.92 Å². The molecule has 0 spiro atoms. The maximum absolute atomic E-state index is 4.31. The summed E-state index contributed by atoms with van der Waals surface area (Å²) in [6.07, 6.45) is 3.82. The van der Waals surface area contributed by atoms with Crippen LogP contribution in [0.15, 0.2) is 6.20 Å². The van der Waals surface area contributed by atoms with Gasteiger partial charge in [-0.1, -0.05) is 20.8 Å². The van der Waals surface area contributed by atoms with Gasteiger partial charge in [0.05, 0.1) is 6.20 Å². The molecule has 0 amide bonds. The standard InChI is InChI=1S/C11H21N5/c1-4-6-12-10-8-14-16-11(15-10)13-7-5-9(2)3/h8-9H,4-7H2,1-3H3,(H2,12,13,15,16). The van der Waals surface area contributed by atoms with Gasteiger partial charge >= 0.3 is 0 Å². The lowest BCUT2D eigenvalue weighted by atomic mass is 10.1. The summed E-state index contributed by atoms with van der Waals surface area (Å²) < 4.78 is 0. The van der Waals surface area contributed by atoms with E-state index in [9.17, 15) is 0 Å². The first-order valence-corrected chi connectivity index (χ1v) is 5.89. The summed E-state index contributed by atoms with van der Waals surface area (Å²) in [5.74, 6) is 2.06. The predicted octanol–water partition coefficient (Wildman–Crippen LogP) is 2.15. The molecule has 0 aliphatic heterocycles. The molecule has 1 aromatic rings. The summed E-state index contributed by atoms with van der Waals surface area (Å²) in [6, 6.07) is 0. The van der Waals surface area contributed by atoms with Crippen molar-refractivity contribution in [1.82, 2.24) is 15.2 Å². The zero-order valence-corrected chi connectivity index (χ0v) is 10.3. The first-order valence-electron chi connectivity index (χ1n) is 5.89. The van der Waals surface area contributed by atoms with E-state index in [0.29, 0.717) is 11.9 Å².